The molecule has 6 heteroatoms. The van der Waals surface area contributed by atoms with Gasteiger partial charge in [-0.25, -0.2) is 4.98 Å². The maximum atomic E-state index is 6.50. The van der Waals surface area contributed by atoms with Gasteiger partial charge in [-0.05, 0) is 65.7 Å². The summed E-state index contributed by atoms with van der Waals surface area (Å²) in [6.07, 6.45) is 0. The summed E-state index contributed by atoms with van der Waals surface area (Å²) < 4.78 is 11.1. The second kappa shape index (κ2) is 10.9. The van der Waals surface area contributed by atoms with Crippen molar-refractivity contribution < 1.29 is 4.42 Å². The van der Waals surface area contributed by atoms with Crippen LogP contribution in [0.4, 0.5) is 0 Å². The molecule has 0 unspecified atom stereocenters. The Kier molecular flexibility index (Phi) is 6.05. The third-order valence-electron chi connectivity index (χ3n) is 9.87. The standard InChI is InChI=1S/C45H26N4OS/c1-3-11-27(12-4-1)29-20-23-39-34(25-29)42-40(51-39)24-22-38-41(42)33-26-30(19-21-37(33)50-38)44-46-43(28-13-5-2-6-14-28)47-45(48-44)49-35-17-9-7-15-31(35)32-16-8-10-18-36(32)49/h1-26H. The monoisotopic (exact) mass is 670 g/mol. The van der Waals surface area contributed by atoms with E-state index in [0.29, 0.717) is 17.6 Å². The van der Waals surface area contributed by atoms with Crippen molar-refractivity contribution in [3.63, 3.8) is 0 Å². The molecule has 4 heterocycles. The van der Waals surface area contributed by atoms with Crippen LogP contribution < -0.4 is 0 Å². The van der Waals surface area contributed by atoms with Crippen LogP contribution >= 0.6 is 11.3 Å². The summed E-state index contributed by atoms with van der Waals surface area (Å²) in [5, 5.41) is 6.91. The van der Waals surface area contributed by atoms with Crippen LogP contribution in [0.15, 0.2) is 162 Å². The molecule has 0 aliphatic rings. The average molecular weight is 671 g/mol. The first-order chi connectivity index (χ1) is 25.3. The zero-order valence-electron chi connectivity index (χ0n) is 27.1. The molecule has 0 amide bonds. The van der Waals surface area contributed by atoms with Gasteiger partial charge in [0.2, 0.25) is 5.95 Å². The third kappa shape index (κ3) is 4.37. The van der Waals surface area contributed by atoms with Gasteiger partial charge in [0.05, 0.1) is 11.0 Å². The van der Waals surface area contributed by atoms with Gasteiger partial charge in [0.15, 0.2) is 11.6 Å². The number of hydrogen-bond donors (Lipinski definition) is 0. The molecule has 0 saturated carbocycles. The van der Waals surface area contributed by atoms with E-state index in [4.69, 9.17) is 19.4 Å². The second-order valence-electron chi connectivity index (χ2n) is 12.8. The number of fused-ring (bicyclic) bond motifs is 10. The van der Waals surface area contributed by atoms with Gasteiger partial charge in [-0.15, -0.1) is 11.3 Å². The summed E-state index contributed by atoms with van der Waals surface area (Å²) in [6, 6.07) is 54.9. The SMILES string of the molecule is c1ccc(-c2ccc3sc4ccc5oc6ccc(-c7nc(-c8ccccc8)nc(-n8c9ccccc9c9ccccc98)n7)cc6c5c4c3c2)cc1. The number of nitrogens with zero attached hydrogens (tertiary/aromatic N) is 4. The number of benzene rings is 7. The van der Waals surface area contributed by atoms with Crippen molar-refractivity contribution in [3.05, 3.63) is 158 Å². The Labute approximate surface area is 295 Å². The normalized spacial score (nSPS) is 11.9. The molecule has 5 nitrogen and oxygen atoms in total. The van der Waals surface area contributed by atoms with E-state index in [-0.39, 0.29) is 0 Å². The Morgan fingerprint density at radius 1 is 0.412 bits per heavy atom. The Morgan fingerprint density at radius 2 is 1.00 bits per heavy atom. The first-order valence-corrected chi connectivity index (χ1v) is 17.8. The zero-order chi connectivity index (χ0) is 33.5. The molecule has 0 N–H and O–H groups in total. The smallest absolute Gasteiger partial charge is 0.238 e. The lowest BCUT2D eigenvalue weighted by Gasteiger charge is -2.11. The van der Waals surface area contributed by atoms with Gasteiger partial charge in [0, 0.05) is 52.8 Å². The molecule has 238 valence electrons. The predicted molar refractivity (Wildman–Crippen MR) is 211 cm³/mol. The van der Waals surface area contributed by atoms with E-state index in [9.17, 15) is 0 Å². The van der Waals surface area contributed by atoms with Crippen LogP contribution in [0.1, 0.15) is 0 Å². The summed E-state index contributed by atoms with van der Waals surface area (Å²) in [5.74, 6) is 1.80. The molecular formula is C45H26N4OS. The molecule has 7 aromatic carbocycles. The molecule has 11 rings (SSSR count). The lowest BCUT2D eigenvalue weighted by molar-refractivity contribution is 0.669. The predicted octanol–water partition coefficient (Wildman–Crippen LogP) is 12.2. The zero-order valence-corrected chi connectivity index (χ0v) is 27.9. The largest absolute Gasteiger partial charge is 0.456 e. The van der Waals surface area contributed by atoms with Crippen LogP contribution in [-0.4, -0.2) is 19.5 Å². The Morgan fingerprint density at radius 3 is 1.75 bits per heavy atom. The van der Waals surface area contributed by atoms with E-state index >= 15 is 0 Å². The molecule has 0 atom stereocenters. The highest BCUT2D eigenvalue weighted by Crippen LogP contribution is 2.44. The second-order valence-corrected chi connectivity index (χ2v) is 13.9. The highest BCUT2D eigenvalue weighted by Gasteiger charge is 2.20. The minimum atomic E-state index is 0.577. The fourth-order valence-corrected chi connectivity index (χ4v) is 8.63. The molecule has 0 radical (unpaired) electrons. The molecule has 0 aliphatic heterocycles. The van der Waals surface area contributed by atoms with Crippen LogP contribution in [0.2, 0.25) is 0 Å². The molecule has 4 aromatic heterocycles. The number of rotatable bonds is 4. The first kappa shape index (κ1) is 28.2. The summed E-state index contributed by atoms with van der Waals surface area (Å²) >= 11 is 1.82. The van der Waals surface area contributed by atoms with Crippen LogP contribution in [-0.2, 0) is 0 Å². The van der Waals surface area contributed by atoms with Gasteiger partial charge in [0.1, 0.15) is 11.2 Å². The Hall–Kier alpha value is -6.63. The Bertz CT molecular complexity index is 3090. The fourth-order valence-electron chi connectivity index (χ4n) is 7.53. The van der Waals surface area contributed by atoms with Crippen molar-refractivity contribution in [2.75, 3.05) is 0 Å². The number of para-hydroxylation sites is 2. The number of furan rings is 1. The molecule has 0 aliphatic carbocycles. The van der Waals surface area contributed by atoms with Crippen molar-refractivity contribution in [1.29, 1.82) is 0 Å². The molecule has 0 saturated heterocycles. The summed E-state index contributed by atoms with van der Waals surface area (Å²) in [5.41, 5.74) is 8.02. The van der Waals surface area contributed by atoms with Gasteiger partial charge in [-0.2, -0.15) is 9.97 Å². The van der Waals surface area contributed by atoms with Crippen molar-refractivity contribution in [2.24, 2.45) is 0 Å². The molecule has 11 aromatic rings. The fraction of sp³-hybridized carbons (Fsp3) is 0. The van der Waals surface area contributed by atoms with Crippen LogP contribution in [0.25, 0.3) is 104 Å². The third-order valence-corrected chi connectivity index (χ3v) is 11.0. The maximum absolute atomic E-state index is 6.50. The number of thiophene rings is 1. The van der Waals surface area contributed by atoms with E-state index < -0.39 is 0 Å². The van der Waals surface area contributed by atoms with Crippen LogP contribution in [0.5, 0.6) is 0 Å². The highest BCUT2D eigenvalue weighted by atomic mass is 32.1. The Balaban J connectivity index is 1.17. The van der Waals surface area contributed by atoms with Crippen molar-refractivity contribution >= 4 is 75.3 Å². The highest BCUT2D eigenvalue weighted by molar-refractivity contribution is 7.26. The quantitative estimate of drug-likeness (QED) is 0.187. The first-order valence-electron chi connectivity index (χ1n) is 16.9. The van der Waals surface area contributed by atoms with Gasteiger partial charge >= 0.3 is 0 Å². The minimum Gasteiger partial charge on any atom is -0.456 e. The topological polar surface area (TPSA) is 56.7 Å². The van der Waals surface area contributed by atoms with Crippen molar-refractivity contribution in [3.8, 4) is 39.9 Å². The van der Waals surface area contributed by atoms with Gasteiger partial charge in [0.25, 0.3) is 0 Å². The lowest BCUT2D eigenvalue weighted by Crippen LogP contribution is -2.06. The van der Waals surface area contributed by atoms with Crippen LogP contribution in [0, 0.1) is 0 Å². The van der Waals surface area contributed by atoms with E-state index in [0.717, 1.165) is 54.9 Å². The number of hydrogen-bond acceptors (Lipinski definition) is 5. The maximum Gasteiger partial charge on any atom is 0.238 e. The van der Waals surface area contributed by atoms with Crippen molar-refractivity contribution in [2.45, 2.75) is 0 Å². The van der Waals surface area contributed by atoms with Gasteiger partial charge in [-0.3, -0.25) is 4.57 Å². The van der Waals surface area contributed by atoms with Crippen molar-refractivity contribution in [1.82, 2.24) is 19.5 Å². The molecule has 51 heavy (non-hydrogen) atoms. The molecular weight excluding hydrogens is 645 g/mol. The molecule has 0 spiro atoms. The minimum absolute atomic E-state index is 0.577. The van der Waals surface area contributed by atoms with E-state index in [1.54, 1.807) is 0 Å². The van der Waals surface area contributed by atoms with E-state index in [1.807, 2.05) is 47.7 Å². The van der Waals surface area contributed by atoms with Crippen LogP contribution in [0.3, 0.4) is 0 Å². The molecule has 0 fully saturated rings. The summed E-state index contributed by atoms with van der Waals surface area (Å²) in [4.78, 5) is 15.4. The average Bonchev–Trinajstić information content (AvgIpc) is 3.87. The number of aromatic nitrogens is 4. The lowest BCUT2D eigenvalue weighted by atomic mass is 10.0. The summed E-state index contributed by atoms with van der Waals surface area (Å²) in [7, 11) is 0. The van der Waals surface area contributed by atoms with E-state index in [1.165, 1.54) is 31.3 Å². The molecule has 0 bridgehead atoms. The van der Waals surface area contributed by atoms with E-state index in [2.05, 4.69) is 126 Å². The van der Waals surface area contributed by atoms with Gasteiger partial charge in [-0.1, -0.05) is 103 Å². The summed E-state index contributed by atoms with van der Waals surface area (Å²) in [6.45, 7) is 0. The van der Waals surface area contributed by atoms with Gasteiger partial charge < -0.3 is 4.42 Å².